The van der Waals surface area contributed by atoms with Gasteiger partial charge < -0.3 is 0 Å². The van der Waals surface area contributed by atoms with Crippen LogP contribution in [0.4, 0.5) is 0 Å². The summed E-state index contributed by atoms with van der Waals surface area (Å²) in [5.41, 5.74) is 6.59. The Kier molecular flexibility index (Phi) is 5.61. The van der Waals surface area contributed by atoms with Gasteiger partial charge in [0.05, 0.1) is 27.1 Å². The summed E-state index contributed by atoms with van der Waals surface area (Å²) >= 11 is 1.81. The Morgan fingerprint density at radius 1 is 0.500 bits per heavy atom. The van der Waals surface area contributed by atoms with Crippen molar-refractivity contribution in [1.82, 2.24) is 24.5 Å². The molecule has 0 spiro atoms. The van der Waals surface area contributed by atoms with Crippen LogP contribution in [0.5, 0.6) is 0 Å². The number of para-hydroxylation sites is 1. The Balaban J connectivity index is 1.30. The molecule has 4 heterocycles. The van der Waals surface area contributed by atoms with E-state index in [1.807, 2.05) is 66.1 Å². The van der Waals surface area contributed by atoms with Gasteiger partial charge in [-0.15, -0.1) is 11.3 Å². The lowest BCUT2D eigenvalue weighted by atomic mass is 10.1. The largest absolute Gasteiger partial charge is 0.276 e. The number of rotatable bonds is 4. The first kappa shape index (κ1) is 24.8. The predicted molar refractivity (Wildman–Crippen MR) is 181 cm³/mol. The van der Waals surface area contributed by atoms with Gasteiger partial charge in [0.25, 0.3) is 0 Å². The van der Waals surface area contributed by atoms with Gasteiger partial charge in [-0.2, -0.15) is 0 Å². The van der Waals surface area contributed by atoms with Gasteiger partial charge in [0.1, 0.15) is 5.69 Å². The van der Waals surface area contributed by atoms with Gasteiger partial charge in [-0.05, 0) is 24.3 Å². The molecule has 6 heteroatoms. The van der Waals surface area contributed by atoms with Crippen molar-refractivity contribution in [2.75, 3.05) is 0 Å². The van der Waals surface area contributed by atoms with Crippen molar-refractivity contribution >= 4 is 53.3 Å². The van der Waals surface area contributed by atoms with E-state index in [0.717, 1.165) is 33.5 Å². The number of hydrogen-bond donors (Lipinski definition) is 0. The van der Waals surface area contributed by atoms with E-state index in [9.17, 15) is 0 Å². The summed E-state index contributed by atoms with van der Waals surface area (Å²) in [7, 11) is 0. The molecule has 0 fully saturated rings. The normalized spacial score (nSPS) is 11.6. The van der Waals surface area contributed by atoms with E-state index in [4.69, 9.17) is 19.9 Å². The van der Waals surface area contributed by atoms with Gasteiger partial charge in [-0.3, -0.25) is 4.57 Å². The average molecular weight is 582 g/mol. The highest BCUT2D eigenvalue weighted by molar-refractivity contribution is 7.26. The van der Waals surface area contributed by atoms with Crippen LogP contribution in [0.2, 0.25) is 0 Å². The first-order valence-corrected chi connectivity index (χ1v) is 15.3. The number of thiophene rings is 1. The molecule has 0 aliphatic heterocycles. The summed E-state index contributed by atoms with van der Waals surface area (Å²) < 4.78 is 4.69. The van der Waals surface area contributed by atoms with Crippen LogP contribution in [0, 0.1) is 0 Å². The summed E-state index contributed by atoms with van der Waals surface area (Å²) in [6, 6.07) is 45.9. The number of aromatic nitrogens is 5. The highest BCUT2D eigenvalue weighted by Crippen LogP contribution is 2.42. The molecule has 0 radical (unpaired) electrons. The van der Waals surface area contributed by atoms with Gasteiger partial charge in [0.15, 0.2) is 5.82 Å². The monoisotopic (exact) mass is 581 g/mol. The van der Waals surface area contributed by atoms with Crippen molar-refractivity contribution in [3.8, 4) is 40.0 Å². The third-order valence-electron chi connectivity index (χ3n) is 8.12. The Hall–Kier alpha value is -5.72. The average Bonchev–Trinajstić information content (AvgIpc) is 3.65. The molecule has 5 nitrogen and oxygen atoms in total. The van der Waals surface area contributed by atoms with Crippen molar-refractivity contribution in [2.45, 2.75) is 0 Å². The Bertz CT molecular complexity index is 2440. The van der Waals surface area contributed by atoms with Crippen LogP contribution in [0.25, 0.3) is 82.0 Å². The van der Waals surface area contributed by atoms with E-state index in [0.29, 0.717) is 17.5 Å². The maximum atomic E-state index is 5.15. The molecule has 0 saturated carbocycles. The van der Waals surface area contributed by atoms with Crippen molar-refractivity contribution in [3.05, 3.63) is 140 Å². The zero-order valence-corrected chi connectivity index (χ0v) is 24.2. The molecule has 0 aliphatic rings. The Labute approximate surface area is 256 Å². The molecule has 9 rings (SSSR count). The number of nitrogens with zero attached hydrogens (tertiary/aromatic N) is 5. The van der Waals surface area contributed by atoms with Gasteiger partial charge in [-0.1, -0.05) is 109 Å². The van der Waals surface area contributed by atoms with Gasteiger partial charge in [0, 0.05) is 43.6 Å². The van der Waals surface area contributed by atoms with E-state index < -0.39 is 0 Å². The van der Waals surface area contributed by atoms with Crippen LogP contribution >= 0.6 is 11.3 Å². The maximum absolute atomic E-state index is 5.15. The fraction of sp³-hybridized carbons (Fsp3) is 0. The van der Waals surface area contributed by atoms with E-state index >= 15 is 0 Å². The smallest absolute Gasteiger partial charge is 0.235 e. The number of hydrogen-bond acceptors (Lipinski definition) is 5. The van der Waals surface area contributed by atoms with E-state index in [1.165, 1.54) is 30.9 Å². The minimum atomic E-state index is 0.557. The molecule has 4 aromatic heterocycles. The third kappa shape index (κ3) is 3.92. The summed E-state index contributed by atoms with van der Waals surface area (Å²) in [5, 5.41) is 4.86. The van der Waals surface area contributed by atoms with E-state index in [2.05, 4.69) is 89.5 Å². The van der Waals surface area contributed by atoms with Crippen molar-refractivity contribution in [1.29, 1.82) is 0 Å². The van der Waals surface area contributed by atoms with Crippen LogP contribution < -0.4 is 0 Å². The third-order valence-corrected chi connectivity index (χ3v) is 9.31. The molecule has 0 atom stereocenters. The number of fused-ring (bicyclic) bond motifs is 7. The van der Waals surface area contributed by atoms with Crippen LogP contribution in [-0.4, -0.2) is 24.5 Å². The molecular weight excluding hydrogens is 559 g/mol. The number of benzene rings is 5. The minimum absolute atomic E-state index is 0.557. The van der Waals surface area contributed by atoms with Gasteiger partial charge in [-0.25, -0.2) is 19.9 Å². The van der Waals surface area contributed by atoms with Gasteiger partial charge in [0.2, 0.25) is 5.95 Å². The molecule has 44 heavy (non-hydrogen) atoms. The lowest BCUT2D eigenvalue weighted by Gasteiger charge is -2.11. The summed E-state index contributed by atoms with van der Waals surface area (Å²) in [4.78, 5) is 20.0. The zero-order valence-electron chi connectivity index (χ0n) is 23.4. The molecule has 0 aliphatic carbocycles. The fourth-order valence-corrected chi connectivity index (χ4v) is 7.33. The van der Waals surface area contributed by atoms with Gasteiger partial charge >= 0.3 is 0 Å². The Morgan fingerprint density at radius 2 is 1.14 bits per heavy atom. The second-order valence-corrected chi connectivity index (χ2v) is 11.8. The Morgan fingerprint density at radius 3 is 1.89 bits per heavy atom. The lowest BCUT2D eigenvalue weighted by molar-refractivity contribution is 0.984. The first-order valence-electron chi connectivity index (χ1n) is 14.5. The van der Waals surface area contributed by atoms with Crippen molar-refractivity contribution in [2.24, 2.45) is 0 Å². The molecule has 206 valence electrons. The van der Waals surface area contributed by atoms with Crippen molar-refractivity contribution < 1.29 is 0 Å². The highest BCUT2D eigenvalue weighted by atomic mass is 32.1. The fourth-order valence-electron chi connectivity index (χ4n) is 6.09. The summed E-state index contributed by atoms with van der Waals surface area (Å²) in [6.45, 7) is 0. The maximum Gasteiger partial charge on any atom is 0.235 e. The standard InChI is InChI=1S/C38H23N5S/c1-3-11-24(12-4-1)31-23-32(25-13-5-2-6-14-25)41-37(40-31)30-21-22-39-38(42-30)43-33-17-9-7-15-26(33)28-19-20-29-27-16-8-10-18-34(27)44-36(29)35(28)43/h1-23H. The van der Waals surface area contributed by atoms with Crippen molar-refractivity contribution in [3.63, 3.8) is 0 Å². The second kappa shape index (κ2) is 9.93. The lowest BCUT2D eigenvalue weighted by Crippen LogP contribution is -2.04. The SMILES string of the molecule is c1ccc(-c2cc(-c3ccccc3)nc(-c3ccnc(-n4c5ccccc5c5ccc6c7ccccc7sc6c54)n3)n2)cc1. The van der Waals surface area contributed by atoms with Crippen LogP contribution in [0.3, 0.4) is 0 Å². The zero-order chi connectivity index (χ0) is 29.0. The minimum Gasteiger partial charge on any atom is -0.276 e. The molecule has 5 aromatic carbocycles. The van der Waals surface area contributed by atoms with Crippen LogP contribution in [0.15, 0.2) is 140 Å². The van der Waals surface area contributed by atoms with Crippen LogP contribution in [-0.2, 0) is 0 Å². The molecule has 9 aromatic rings. The summed E-state index contributed by atoms with van der Waals surface area (Å²) in [6.07, 6.45) is 1.81. The molecule has 0 saturated heterocycles. The molecule has 0 amide bonds. The molecule has 0 bridgehead atoms. The highest BCUT2D eigenvalue weighted by Gasteiger charge is 2.20. The van der Waals surface area contributed by atoms with E-state index in [1.54, 1.807) is 0 Å². The predicted octanol–water partition coefficient (Wildman–Crippen LogP) is 9.73. The molecular formula is C38H23N5S. The topological polar surface area (TPSA) is 56.5 Å². The second-order valence-electron chi connectivity index (χ2n) is 10.7. The quantitative estimate of drug-likeness (QED) is 0.208. The van der Waals surface area contributed by atoms with Crippen LogP contribution in [0.1, 0.15) is 0 Å². The molecule has 0 unspecified atom stereocenters. The molecule has 0 N–H and O–H groups in total. The summed E-state index contributed by atoms with van der Waals surface area (Å²) in [5.74, 6) is 1.15. The van der Waals surface area contributed by atoms with E-state index in [-0.39, 0.29) is 0 Å². The first-order chi connectivity index (χ1) is 21.8.